The predicted molar refractivity (Wildman–Crippen MR) is 107 cm³/mol. The standard InChI is InChI=1S/C19H18N6OS/c1-3-9-26-24-14-6-8-25(2)18-17(14)23-15(11-21-18)16-12-22-19(27-16)13-5-4-7-20-10-13/h3-5,7,10-12H,1,6,8-9H2,2H3/b24-14+. The Labute approximate surface area is 161 Å². The minimum absolute atomic E-state index is 0.366. The Morgan fingerprint density at radius 1 is 1.33 bits per heavy atom. The summed E-state index contributed by atoms with van der Waals surface area (Å²) in [4.78, 5) is 26.4. The smallest absolute Gasteiger partial charge is 0.156 e. The van der Waals surface area contributed by atoms with Gasteiger partial charge in [-0.2, -0.15) is 0 Å². The minimum Gasteiger partial charge on any atom is -0.391 e. The van der Waals surface area contributed by atoms with Gasteiger partial charge in [0, 0.05) is 44.2 Å². The lowest BCUT2D eigenvalue weighted by Crippen LogP contribution is -2.30. The Bertz CT molecular complexity index is 985. The first-order valence-electron chi connectivity index (χ1n) is 8.51. The van der Waals surface area contributed by atoms with Crippen LogP contribution in [0.2, 0.25) is 0 Å². The normalized spacial score (nSPS) is 14.9. The highest BCUT2D eigenvalue weighted by Crippen LogP contribution is 2.32. The maximum atomic E-state index is 5.29. The lowest BCUT2D eigenvalue weighted by Gasteiger charge is -2.26. The third kappa shape index (κ3) is 3.56. The Morgan fingerprint density at radius 3 is 3.07 bits per heavy atom. The second-order valence-electron chi connectivity index (χ2n) is 5.99. The van der Waals surface area contributed by atoms with E-state index in [1.165, 1.54) is 0 Å². The van der Waals surface area contributed by atoms with Crippen molar-refractivity contribution in [3.8, 4) is 21.1 Å². The van der Waals surface area contributed by atoms with Crippen LogP contribution in [0, 0.1) is 0 Å². The van der Waals surface area contributed by atoms with Crippen LogP contribution in [0.1, 0.15) is 12.1 Å². The number of aromatic nitrogens is 4. The molecule has 27 heavy (non-hydrogen) atoms. The fourth-order valence-electron chi connectivity index (χ4n) is 2.74. The van der Waals surface area contributed by atoms with Crippen molar-refractivity contribution in [2.24, 2.45) is 5.16 Å². The molecule has 0 spiro atoms. The van der Waals surface area contributed by atoms with E-state index >= 15 is 0 Å². The lowest BCUT2D eigenvalue weighted by atomic mass is 10.1. The van der Waals surface area contributed by atoms with Crippen LogP contribution in [-0.4, -0.2) is 45.8 Å². The minimum atomic E-state index is 0.366. The van der Waals surface area contributed by atoms with E-state index in [0.717, 1.165) is 51.3 Å². The second kappa shape index (κ2) is 7.63. The molecule has 4 heterocycles. The number of hydrogen-bond donors (Lipinski definition) is 0. The van der Waals surface area contributed by atoms with E-state index in [1.807, 2.05) is 25.4 Å². The van der Waals surface area contributed by atoms with Crippen LogP contribution in [0.25, 0.3) is 21.1 Å². The summed E-state index contributed by atoms with van der Waals surface area (Å²) in [6.45, 7) is 4.83. The fraction of sp³-hybridized carbons (Fsp3) is 0.211. The molecule has 0 N–H and O–H groups in total. The van der Waals surface area contributed by atoms with E-state index in [1.54, 1.807) is 36.0 Å². The summed E-state index contributed by atoms with van der Waals surface area (Å²) in [5.41, 5.74) is 3.31. The number of oxime groups is 1. The van der Waals surface area contributed by atoms with Crippen LogP contribution in [0.15, 0.2) is 54.7 Å². The third-order valence-electron chi connectivity index (χ3n) is 4.11. The second-order valence-corrected chi connectivity index (χ2v) is 7.02. The predicted octanol–water partition coefficient (Wildman–Crippen LogP) is 3.41. The Balaban J connectivity index is 1.69. The first kappa shape index (κ1) is 17.3. The third-order valence-corrected chi connectivity index (χ3v) is 5.17. The first-order valence-corrected chi connectivity index (χ1v) is 9.33. The van der Waals surface area contributed by atoms with E-state index in [9.17, 15) is 0 Å². The van der Waals surface area contributed by atoms with Gasteiger partial charge in [-0.1, -0.05) is 17.8 Å². The maximum absolute atomic E-state index is 5.29. The first-order chi connectivity index (χ1) is 13.3. The van der Waals surface area contributed by atoms with E-state index in [4.69, 9.17) is 9.82 Å². The van der Waals surface area contributed by atoms with Crippen LogP contribution in [0.3, 0.4) is 0 Å². The van der Waals surface area contributed by atoms with Gasteiger partial charge in [-0.05, 0) is 12.1 Å². The summed E-state index contributed by atoms with van der Waals surface area (Å²) in [6.07, 6.45) is 9.57. The zero-order valence-electron chi connectivity index (χ0n) is 14.9. The number of fused-ring (bicyclic) bond motifs is 1. The zero-order chi connectivity index (χ0) is 18.6. The molecule has 0 radical (unpaired) electrons. The molecule has 0 atom stereocenters. The van der Waals surface area contributed by atoms with Gasteiger partial charge >= 0.3 is 0 Å². The quantitative estimate of drug-likeness (QED) is 0.385. The van der Waals surface area contributed by atoms with Crippen molar-refractivity contribution in [3.63, 3.8) is 0 Å². The largest absolute Gasteiger partial charge is 0.391 e. The average molecular weight is 378 g/mol. The van der Waals surface area contributed by atoms with Gasteiger partial charge in [-0.15, -0.1) is 11.3 Å². The number of nitrogens with zero attached hydrogens (tertiary/aromatic N) is 6. The number of anilines is 1. The van der Waals surface area contributed by atoms with E-state index in [-0.39, 0.29) is 0 Å². The molecule has 3 aromatic rings. The molecular weight excluding hydrogens is 360 g/mol. The van der Waals surface area contributed by atoms with Crippen LogP contribution in [0.4, 0.5) is 5.82 Å². The molecule has 3 aromatic heterocycles. The molecule has 1 aliphatic heterocycles. The summed E-state index contributed by atoms with van der Waals surface area (Å²) in [5, 5.41) is 5.13. The Morgan fingerprint density at radius 2 is 2.26 bits per heavy atom. The molecule has 0 amide bonds. The summed E-state index contributed by atoms with van der Waals surface area (Å²) in [6, 6.07) is 3.89. The van der Waals surface area contributed by atoms with Crippen molar-refractivity contribution in [1.82, 2.24) is 19.9 Å². The summed E-state index contributed by atoms with van der Waals surface area (Å²) in [5.74, 6) is 0.808. The highest BCUT2D eigenvalue weighted by Gasteiger charge is 2.24. The summed E-state index contributed by atoms with van der Waals surface area (Å²) >= 11 is 1.56. The van der Waals surface area contributed by atoms with Gasteiger partial charge in [0.2, 0.25) is 0 Å². The van der Waals surface area contributed by atoms with E-state index < -0.39 is 0 Å². The van der Waals surface area contributed by atoms with Crippen LogP contribution < -0.4 is 4.90 Å². The van der Waals surface area contributed by atoms with Gasteiger partial charge in [0.15, 0.2) is 5.82 Å². The highest BCUT2D eigenvalue weighted by molar-refractivity contribution is 7.18. The Kier molecular flexibility index (Phi) is 4.88. The SMILES string of the molecule is C=CCO/N=C1\CCN(C)c2ncc(-c3cnc(-c4cccnc4)s3)nc21. The molecule has 0 saturated heterocycles. The van der Waals surface area contributed by atoms with Crippen molar-refractivity contribution in [2.75, 3.05) is 25.1 Å². The van der Waals surface area contributed by atoms with Gasteiger partial charge < -0.3 is 9.74 Å². The van der Waals surface area contributed by atoms with Crippen molar-refractivity contribution >= 4 is 22.9 Å². The fourth-order valence-corrected chi connectivity index (χ4v) is 3.60. The molecule has 8 heteroatoms. The van der Waals surface area contributed by atoms with Gasteiger partial charge in [0.25, 0.3) is 0 Å². The number of thiazole rings is 1. The average Bonchev–Trinajstić information content (AvgIpc) is 3.21. The molecule has 4 rings (SSSR count). The summed E-state index contributed by atoms with van der Waals surface area (Å²) < 4.78 is 0. The molecule has 0 fully saturated rings. The van der Waals surface area contributed by atoms with Crippen LogP contribution in [0.5, 0.6) is 0 Å². The van der Waals surface area contributed by atoms with Gasteiger partial charge in [-0.3, -0.25) is 4.98 Å². The Hall–Kier alpha value is -3.13. The highest BCUT2D eigenvalue weighted by atomic mass is 32.1. The van der Waals surface area contributed by atoms with E-state index in [2.05, 4.69) is 31.6 Å². The topological polar surface area (TPSA) is 76.4 Å². The molecule has 0 aromatic carbocycles. The number of pyridine rings is 1. The molecule has 0 bridgehead atoms. The molecule has 0 saturated carbocycles. The zero-order valence-corrected chi connectivity index (χ0v) is 15.7. The van der Waals surface area contributed by atoms with E-state index in [0.29, 0.717) is 6.61 Å². The molecule has 1 aliphatic rings. The monoisotopic (exact) mass is 378 g/mol. The van der Waals surface area contributed by atoms with Crippen LogP contribution in [-0.2, 0) is 4.84 Å². The molecular formula is C19H18N6OS. The summed E-state index contributed by atoms with van der Waals surface area (Å²) in [7, 11) is 2.00. The van der Waals surface area contributed by atoms with Crippen molar-refractivity contribution in [1.29, 1.82) is 0 Å². The number of rotatable bonds is 5. The lowest BCUT2D eigenvalue weighted by molar-refractivity contribution is 0.174. The van der Waals surface area contributed by atoms with Gasteiger partial charge in [0.1, 0.15) is 28.7 Å². The maximum Gasteiger partial charge on any atom is 0.156 e. The van der Waals surface area contributed by atoms with Crippen molar-refractivity contribution < 1.29 is 4.84 Å². The molecule has 7 nitrogen and oxygen atoms in total. The van der Waals surface area contributed by atoms with Gasteiger partial charge in [0.05, 0.1) is 11.1 Å². The van der Waals surface area contributed by atoms with Crippen molar-refractivity contribution in [2.45, 2.75) is 6.42 Å². The number of hydrogen-bond acceptors (Lipinski definition) is 8. The van der Waals surface area contributed by atoms with Crippen LogP contribution >= 0.6 is 11.3 Å². The van der Waals surface area contributed by atoms with Gasteiger partial charge in [-0.25, -0.2) is 15.0 Å². The van der Waals surface area contributed by atoms with Crippen molar-refractivity contribution in [3.05, 3.63) is 55.3 Å². The molecule has 0 unspecified atom stereocenters. The molecule has 136 valence electrons. The molecule has 0 aliphatic carbocycles.